The molecule has 0 unspecified atom stereocenters. The number of carbonyl (C=O) groups is 2. The van der Waals surface area contributed by atoms with Gasteiger partial charge in [-0.25, -0.2) is 4.39 Å². The van der Waals surface area contributed by atoms with E-state index in [0.717, 1.165) is 17.5 Å². The molecular weight excluding hydrogens is 343 g/mol. The maximum absolute atomic E-state index is 14.0. The zero-order chi connectivity index (χ0) is 19.8. The second kappa shape index (κ2) is 9.86. The number of aryl methyl sites for hydroxylation is 1. The monoisotopic (exact) mass is 370 g/mol. The number of benzene rings is 2. The molecule has 4 nitrogen and oxygen atoms in total. The van der Waals surface area contributed by atoms with Crippen molar-refractivity contribution in [3.8, 4) is 0 Å². The summed E-state index contributed by atoms with van der Waals surface area (Å²) in [6.07, 6.45) is 0.740. The zero-order valence-electron chi connectivity index (χ0n) is 16.2. The lowest BCUT2D eigenvalue weighted by atomic mass is 10.1. The van der Waals surface area contributed by atoms with Gasteiger partial charge in [0.15, 0.2) is 0 Å². The van der Waals surface area contributed by atoms with Crippen LogP contribution in [0.5, 0.6) is 0 Å². The van der Waals surface area contributed by atoms with Gasteiger partial charge in [0.1, 0.15) is 11.9 Å². The van der Waals surface area contributed by atoms with Crippen LogP contribution in [0.25, 0.3) is 0 Å². The Morgan fingerprint density at radius 2 is 1.78 bits per heavy atom. The molecule has 0 aromatic heterocycles. The smallest absolute Gasteiger partial charge is 0.242 e. The first kappa shape index (κ1) is 20.6. The lowest BCUT2D eigenvalue weighted by molar-refractivity contribution is -0.140. The predicted molar refractivity (Wildman–Crippen MR) is 105 cm³/mol. The maximum Gasteiger partial charge on any atom is 0.242 e. The average Bonchev–Trinajstić information content (AvgIpc) is 2.66. The van der Waals surface area contributed by atoms with Crippen LogP contribution in [0.3, 0.4) is 0 Å². The summed E-state index contributed by atoms with van der Waals surface area (Å²) in [6.45, 7) is 6.53. The minimum absolute atomic E-state index is 0.0794. The molecule has 0 aliphatic rings. The van der Waals surface area contributed by atoms with Gasteiger partial charge in [-0.3, -0.25) is 9.59 Å². The fourth-order valence-electron chi connectivity index (χ4n) is 2.77. The van der Waals surface area contributed by atoms with Crippen molar-refractivity contribution in [1.29, 1.82) is 0 Å². The van der Waals surface area contributed by atoms with Crippen LogP contribution in [0.1, 0.15) is 37.0 Å². The molecule has 2 aromatic carbocycles. The molecule has 0 saturated carbocycles. The first-order valence-corrected chi connectivity index (χ1v) is 9.28. The van der Waals surface area contributed by atoms with Crippen LogP contribution in [0.4, 0.5) is 4.39 Å². The van der Waals surface area contributed by atoms with Gasteiger partial charge < -0.3 is 10.2 Å². The Kier molecular flexibility index (Phi) is 7.53. The summed E-state index contributed by atoms with van der Waals surface area (Å²) in [5.41, 5.74) is 2.38. The van der Waals surface area contributed by atoms with E-state index in [4.69, 9.17) is 0 Å². The largest absolute Gasteiger partial charge is 0.354 e. The molecule has 0 heterocycles. The second-order valence-corrected chi connectivity index (χ2v) is 6.74. The standard InChI is InChI=1S/C22H27FN2O2/c1-4-13-24-22(27)17(3)25(15-18-11-9-16(2)10-12-18)21(26)14-19-7-5-6-8-20(19)23/h5-12,17H,4,13-15H2,1-3H3,(H,24,27)/t17-/m0/s1. The molecular formula is C22H27FN2O2. The SMILES string of the molecule is CCCNC(=O)[C@H](C)N(Cc1ccc(C)cc1)C(=O)Cc1ccccc1F. The van der Waals surface area contributed by atoms with Crippen LogP contribution in [0.15, 0.2) is 48.5 Å². The summed E-state index contributed by atoms with van der Waals surface area (Å²) < 4.78 is 14.0. The van der Waals surface area contributed by atoms with E-state index in [1.807, 2.05) is 38.1 Å². The number of nitrogens with zero attached hydrogens (tertiary/aromatic N) is 1. The summed E-state index contributed by atoms with van der Waals surface area (Å²) in [5, 5.41) is 2.83. The van der Waals surface area contributed by atoms with Crippen LogP contribution < -0.4 is 5.32 Å². The van der Waals surface area contributed by atoms with Gasteiger partial charge in [-0.2, -0.15) is 0 Å². The van der Waals surface area contributed by atoms with Gasteiger partial charge >= 0.3 is 0 Å². The van der Waals surface area contributed by atoms with Crippen LogP contribution in [-0.4, -0.2) is 29.3 Å². The normalized spacial score (nSPS) is 11.7. The van der Waals surface area contributed by atoms with Gasteiger partial charge in [-0.05, 0) is 37.5 Å². The lowest BCUT2D eigenvalue weighted by Gasteiger charge is -2.29. The van der Waals surface area contributed by atoms with E-state index in [9.17, 15) is 14.0 Å². The molecule has 0 saturated heterocycles. The highest BCUT2D eigenvalue weighted by Crippen LogP contribution is 2.15. The Balaban J connectivity index is 2.21. The van der Waals surface area contributed by atoms with Crippen molar-refractivity contribution in [1.82, 2.24) is 10.2 Å². The fourth-order valence-corrected chi connectivity index (χ4v) is 2.77. The molecule has 2 aromatic rings. The van der Waals surface area contributed by atoms with Crippen LogP contribution in [-0.2, 0) is 22.6 Å². The van der Waals surface area contributed by atoms with Gasteiger partial charge in [-0.15, -0.1) is 0 Å². The van der Waals surface area contributed by atoms with E-state index in [2.05, 4.69) is 5.32 Å². The van der Waals surface area contributed by atoms with E-state index in [0.29, 0.717) is 18.7 Å². The third-order valence-corrected chi connectivity index (χ3v) is 4.49. The number of rotatable bonds is 8. The predicted octanol–water partition coefficient (Wildman–Crippen LogP) is 3.62. The zero-order valence-corrected chi connectivity index (χ0v) is 16.2. The van der Waals surface area contributed by atoms with Gasteiger partial charge in [-0.1, -0.05) is 55.0 Å². The van der Waals surface area contributed by atoms with E-state index in [-0.39, 0.29) is 18.2 Å². The Hall–Kier alpha value is -2.69. The van der Waals surface area contributed by atoms with Gasteiger partial charge in [0.2, 0.25) is 11.8 Å². The molecule has 1 N–H and O–H groups in total. The van der Waals surface area contributed by atoms with E-state index >= 15 is 0 Å². The first-order chi connectivity index (χ1) is 12.9. The number of hydrogen-bond acceptors (Lipinski definition) is 2. The number of hydrogen-bond donors (Lipinski definition) is 1. The quantitative estimate of drug-likeness (QED) is 0.772. The van der Waals surface area contributed by atoms with Crippen LogP contribution in [0, 0.1) is 12.7 Å². The fraction of sp³-hybridized carbons (Fsp3) is 0.364. The summed E-state index contributed by atoms with van der Waals surface area (Å²) in [5.74, 6) is -0.894. The molecule has 1 atom stereocenters. The molecule has 0 aliphatic heterocycles. The Morgan fingerprint density at radius 1 is 1.11 bits per heavy atom. The molecule has 0 bridgehead atoms. The van der Waals surface area contributed by atoms with E-state index in [1.54, 1.807) is 25.1 Å². The second-order valence-electron chi connectivity index (χ2n) is 6.74. The molecule has 0 fully saturated rings. The first-order valence-electron chi connectivity index (χ1n) is 9.28. The molecule has 2 rings (SSSR count). The third kappa shape index (κ3) is 5.91. The van der Waals surface area contributed by atoms with Crippen LogP contribution >= 0.6 is 0 Å². The van der Waals surface area contributed by atoms with Gasteiger partial charge in [0, 0.05) is 13.1 Å². The maximum atomic E-state index is 14.0. The number of amides is 2. The molecule has 0 spiro atoms. The average molecular weight is 370 g/mol. The molecule has 144 valence electrons. The van der Waals surface area contributed by atoms with E-state index in [1.165, 1.54) is 11.0 Å². The molecule has 2 amide bonds. The molecule has 27 heavy (non-hydrogen) atoms. The van der Waals surface area contributed by atoms with Crippen LogP contribution in [0.2, 0.25) is 0 Å². The van der Waals surface area contributed by atoms with Crippen molar-refractivity contribution in [2.45, 2.75) is 46.2 Å². The highest BCUT2D eigenvalue weighted by atomic mass is 19.1. The summed E-state index contributed by atoms with van der Waals surface area (Å²) in [7, 11) is 0. The summed E-state index contributed by atoms with van der Waals surface area (Å²) >= 11 is 0. The Bertz CT molecular complexity index is 774. The van der Waals surface area contributed by atoms with Crippen molar-refractivity contribution in [2.75, 3.05) is 6.54 Å². The topological polar surface area (TPSA) is 49.4 Å². The number of carbonyl (C=O) groups excluding carboxylic acids is 2. The molecule has 5 heteroatoms. The molecule has 0 aliphatic carbocycles. The Morgan fingerprint density at radius 3 is 2.41 bits per heavy atom. The van der Waals surface area contributed by atoms with Crippen molar-refractivity contribution in [3.05, 3.63) is 71.0 Å². The highest BCUT2D eigenvalue weighted by molar-refractivity contribution is 5.88. The van der Waals surface area contributed by atoms with Gasteiger partial charge in [0.25, 0.3) is 0 Å². The van der Waals surface area contributed by atoms with Crippen molar-refractivity contribution < 1.29 is 14.0 Å². The number of halogens is 1. The van der Waals surface area contributed by atoms with Gasteiger partial charge in [0.05, 0.1) is 6.42 Å². The van der Waals surface area contributed by atoms with Crippen molar-refractivity contribution in [2.24, 2.45) is 0 Å². The summed E-state index contributed by atoms with van der Waals surface area (Å²) in [4.78, 5) is 26.9. The minimum Gasteiger partial charge on any atom is -0.354 e. The van der Waals surface area contributed by atoms with E-state index < -0.39 is 11.9 Å². The highest BCUT2D eigenvalue weighted by Gasteiger charge is 2.26. The molecule has 0 radical (unpaired) electrons. The summed E-state index contributed by atoms with van der Waals surface area (Å²) in [6, 6.07) is 13.4. The van der Waals surface area contributed by atoms with Crippen molar-refractivity contribution >= 4 is 11.8 Å². The lowest BCUT2D eigenvalue weighted by Crippen LogP contribution is -2.48. The van der Waals surface area contributed by atoms with Crippen molar-refractivity contribution in [3.63, 3.8) is 0 Å². The Labute approximate surface area is 160 Å². The number of nitrogens with one attached hydrogen (secondary N) is 1. The minimum atomic E-state index is -0.642. The third-order valence-electron chi connectivity index (χ3n) is 4.49.